The summed E-state index contributed by atoms with van der Waals surface area (Å²) in [5.74, 6) is -0.898. The summed E-state index contributed by atoms with van der Waals surface area (Å²) in [5.41, 5.74) is 5.73. The van der Waals surface area contributed by atoms with Crippen molar-refractivity contribution in [2.75, 3.05) is 44.2 Å². The SMILES string of the molecule is NC(=O)c1ccc(S(=O)(=O)N2CCN(C(=O)CCN3C(=O)COc4ccccc43)CC2)o1. The first-order valence-corrected chi connectivity index (χ1v) is 11.4. The molecule has 2 aromatic rings. The highest BCUT2D eigenvalue weighted by molar-refractivity contribution is 7.89. The van der Waals surface area contributed by atoms with E-state index in [1.165, 1.54) is 21.3 Å². The highest BCUT2D eigenvalue weighted by Gasteiger charge is 2.33. The van der Waals surface area contributed by atoms with Crippen molar-refractivity contribution in [3.8, 4) is 5.75 Å². The van der Waals surface area contributed by atoms with Crippen LogP contribution in [0.4, 0.5) is 5.69 Å². The van der Waals surface area contributed by atoms with Gasteiger partial charge >= 0.3 is 0 Å². The zero-order chi connectivity index (χ0) is 22.9. The van der Waals surface area contributed by atoms with Crippen LogP contribution >= 0.6 is 0 Å². The van der Waals surface area contributed by atoms with Crippen LogP contribution in [0.3, 0.4) is 0 Å². The number of ether oxygens (including phenoxy) is 1. The van der Waals surface area contributed by atoms with E-state index >= 15 is 0 Å². The number of nitrogens with zero attached hydrogens (tertiary/aromatic N) is 3. The topological polar surface area (TPSA) is 143 Å². The van der Waals surface area contributed by atoms with Crippen LogP contribution in [0.25, 0.3) is 0 Å². The fourth-order valence-corrected chi connectivity index (χ4v) is 4.99. The van der Waals surface area contributed by atoms with Gasteiger partial charge in [0.05, 0.1) is 5.69 Å². The van der Waals surface area contributed by atoms with E-state index in [0.29, 0.717) is 11.4 Å². The van der Waals surface area contributed by atoms with Gasteiger partial charge in [0.15, 0.2) is 12.4 Å². The van der Waals surface area contributed by atoms with Gasteiger partial charge in [-0.25, -0.2) is 8.42 Å². The predicted octanol–water partition coefficient (Wildman–Crippen LogP) is 0.0271. The van der Waals surface area contributed by atoms with E-state index in [9.17, 15) is 22.8 Å². The van der Waals surface area contributed by atoms with Gasteiger partial charge in [-0.05, 0) is 24.3 Å². The average molecular weight is 462 g/mol. The first-order valence-electron chi connectivity index (χ1n) is 9.97. The van der Waals surface area contributed by atoms with Crippen molar-refractivity contribution in [1.82, 2.24) is 9.21 Å². The molecule has 12 heteroatoms. The molecule has 0 radical (unpaired) electrons. The van der Waals surface area contributed by atoms with Gasteiger partial charge in [-0.15, -0.1) is 0 Å². The van der Waals surface area contributed by atoms with E-state index in [-0.39, 0.29) is 68.4 Å². The summed E-state index contributed by atoms with van der Waals surface area (Å²) in [7, 11) is -3.94. The highest BCUT2D eigenvalue weighted by Crippen LogP contribution is 2.31. The minimum absolute atomic E-state index is 0.0774. The standard InChI is InChI=1S/C20H22N4O7S/c21-20(27)16-5-6-19(31-16)32(28,29)23-11-9-22(10-12-23)17(25)7-8-24-14-3-1-2-4-15(14)30-13-18(24)26/h1-6H,7-13H2,(H2,21,27). The maximum atomic E-state index is 12.7. The third-order valence-electron chi connectivity index (χ3n) is 5.37. The Morgan fingerprint density at radius 1 is 1.03 bits per heavy atom. The molecule has 11 nitrogen and oxygen atoms in total. The molecule has 0 atom stereocenters. The van der Waals surface area contributed by atoms with E-state index in [1.54, 1.807) is 23.1 Å². The minimum Gasteiger partial charge on any atom is -0.482 e. The van der Waals surface area contributed by atoms with Crippen LogP contribution in [0.2, 0.25) is 0 Å². The van der Waals surface area contributed by atoms with E-state index in [0.717, 1.165) is 0 Å². The van der Waals surface area contributed by atoms with E-state index in [4.69, 9.17) is 14.9 Å². The first kappa shape index (κ1) is 21.8. The molecule has 1 saturated heterocycles. The number of fused-ring (bicyclic) bond motifs is 1. The van der Waals surface area contributed by atoms with Gasteiger partial charge in [0.25, 0.3) is 21.8 Å². The van der Waals surface area contributed by atoms with Gasteiger partial charge in [0.2, 0.25) is 11.0 Å². The summed E-state index contributed by atoms with van der Waals surface area (Å²) in [6.45, 7) is 0.703. The lowest BCUT2D eigenvalue weighted by Gasteiger charge is -2.34. The second-order valence-electron chi connectivity index (χ2n) is 7.32. The lowest BCUT2D eigenvalue weighted by atomic mass is 10.2. The second-order valence-corrected chi connectivity index (χ2v) is 9.19. The number of hydrogen-bond acceptors (Lipinski definition) is 7. The predicted molar refractivity (Wildman–Crippen MR) is 111 cm³/mol. The molecule has 4 rings (SSSR count). The fraction of sp³-hybridized carbons (Fsp3) is 0.350. The number of hydrogen-bond donors (Lipinski definition) is 1. The highest BCUT2D eigenvalue weighted by atomic mass is 32.2. The number of carbonyl (C=O) groups is 3. The molecule has 1 aromatic carbocycles. The molecule has 32 heavy (non-hydrogen) atoms. The molecule has 0 spiro atoms. The fourth-order valence-electron chi connectivity index (χ4n) is 3.66. The van der Waals surface area contributed by atoms with Crippen molar-refractivity contribution in [1.29, 1.82) is 0 Å². The van der Waals surface area contributed by atoms with Gasteiger partial charge in [0, 0.05) is 39.1 Å². The molecule has 1 fully saturated rings. The van der Waals surface area contributed by atoms with Crippen molar-refractivity contribution >= 4 is 33.4 Å². The van der Waals surface area contributed by atoms with Gasteiger partial charge < -0.3 is 24.7 Å². The number of amides is 3. The van der Waals surface area contributed by atoms with Crippen LogP contribution in [0.1, 0.15) is 17.0 Å². The average Bonchev–Trinajstić information content (AvgIpc) is 3.30. The van der Waals surface area contributed by atoms with Crippen LogP contribution in [-0.4, -0.2) is 74.7 Å². The molecule has 170 valence electrons. The molecule has 0 unspecified atom stereocenters. The Labute approximate surface area is 184 Å². The molecule has 2 N–H and O–H groups in total. The number of benzene rings is 1. The van der Waals surface area contributed by atoms with Crippen LogP contribution in [0.15, 0.2) is 45.9 Å². The number of primary amides is 1. The molecule has 3 heterocycles. The number of para-hydroxylation sites is 2. The second kappa shape index (κ2) is 8.63. The van der Waals surface area contributed by atoms with E-state index in [1.807, 2.05) is 6.07 Å². The minimum atomic E-state index is -3.94. The zero-order valence-electron chi connectivity index (χ0n) is 17.1. The van der Waals surface area contributed by atoms with Crippen LogP contribution in [0.5, 0.6) is 5.75 Å². The number of carbonyl (C=O) groups excluding carboxylic acids is 3. The smallest absolute Gasteiger partial charge is 0.284 e. The summed E-state index contributed by atoms with van der Waals surface area (Å²) in [6.07, 6.45) is 0.104. The Morgan fingerprint density at radius 2 is 1.75 bits per heavy atom. The van der Waals surface area contributed by atoms with Crippen molar-refractivity contribution in [3.63, 3.8) is 0 Å². The third-order valence-corrected chi connectivity index (χ3v) is 7.14. The van der Waals surface area contributed by atoms with E-state index in [2.05, 4.69) is 0 Å². The van der Waals surface area contributed by atoms with Crippen molar-refractivity contribution < 1.29 is 32.0 Å². The number of rotatable bonds is 6. The van der Waals surface area contributed by atoms with Crippen LogP contribution < -0.4 is 15.4 Å². The Bertz CT molecular complexity index is 1150. The van der Waals surface area contributed by atoms with Gasteiger partial charge in [0.1, 0.15) is 5.75 Å². The Morgan fingerprint density at radius 3 is 2.44 bits per heavy atom. The van der Waals surface area contributed by atoms with Crippen molar-refractivity contribution in [3.05, 3.63) is 42.2 Å². The van der Waals surface area contributed by atoms with Gasteiger partial charge in [-0.3, -0.25) is 14.4 Å². The maximum absolute atomic E-state index is 12.7. The molecule has 3 amide bonds. The monoisotopic (exact) mass is 462 g/mol. The largest absolute Gasteiger partial charge is 0.482 e. The van der Waals surface area contributed by atoms with Crippen molar-refractivity contribution in [2.45, 2.75) is 11.5 Å². The van der Waals surface area contributed by atoms with E-state index < -0.39 is 15.9 Å². The molecule has 1 aromatic heterocycles. The Kier molecular flexibility index (Phi) is 5.89. The molecule has 2 aliphatic rings. The lowest BCUT2D eigenvalue weighted by Crippen LogP contribution is -2.51. The molecular weight excluding hydrogens is 440 g/mol. The third kappa shape index (κ3) is 4.18. The summed E-state index contributed by atoms with van der Waals surface area (Å²) in [4.78, 5) is 39.2. The molecule has 0 bridgehead atoms. The first-order chi connectivity index (χ1) is 15.3. The lowest BCUT2D eigenvalue weighted by molar-refractivity contribution is -0.132. The van der Waals surface area contributed by atoms with Gasteiger partial charge in [-0.2, -0.15) is 4.31 Å². The number of anilines is 1. The van der Waals surface area contributed by atoms with Crippen LogP contribution in [0, 0.1) is 0 Å². The Hall–Kier alpha value is -3.38. The van der Waals surface area contributed by atoms with Crippen LogP contribution in [-0.2, 0) is 19.6 Å². The maximum Gasteiger partial charge on any atom is 0.284 e. The summed E-state index contributed by atoms with van der Waals surface area (Å²) in [5, 5.41) is -0.365. The summed E-state index contributed by atoms with van der Waals surface area (Å²) >= 11 is 0. The molecule has 0 aliphatic carbocycles. The quantitative estimate of drug-likeness (QED) is 0.638. The number of nitrogens with two attached hydrogens (primary N) is 1. The molecular formula is C20H22N4O7S. The summed E-state index contributed by atoms with van der Waals surface area (Å²) < 4.78 is 37.1. The van der Waals surface area contributed by atoms with Gasteiger partial charge in [-0.1, -0.05) is 12.1 Å². The zero-order valence-corrected chi connectivity index (χ0v) is 17.9. The summed E-state index contributed by atoms with van der Waals surface area (Å²) in [6, 6.07) is 9.52. The molecule has 2 aliphatic heterocycles. The Balaban J connectivity index is 1.34. The number of piperazine rings is 1. The normalized spacial score (nSPS) is 17.1. The molecule has 0 saturated carbocycles. The number of sulfonamides is 1. The van der Waals surface area contributed by atoms with Crippen molar-refractivity contribution in [2.24, 2.45) is 5.73 Å². The number of furan rings is 1.